The van der Waals surface area contributed by atoms with E-state index < -0.39 is 0 Å². The minimum Gasteiger partial charge on any atom is -0.495 e. The highest BCUT2D eigenvalue weighted by Gasteiger charge is 2.18. The van der Waals surface area contributed by atoms with Gasteiger partial charge < -0.3 is 14.6 Å². The van der Waals surface area contributed by atoms with Gasteiger partial charge in [0.25, 0.3) is 0 Å². The molecule has 29 heavy (non-hydrogen) atoms. The second kappa shape index (κ2) is 8.15. The number of halogens is 2. The largest absolute Gasteiger partial charge is 0.495 e. The van der Waals surface area contributed by atoms with Crippen LogP contribution in [0.5, 0.6) is 5.75 Å². The number of anilines is 1. The Kier molecular flexibility index (Phi) is 5.43. The van der Waals surface area contributed by atoms with Crippen molar-refractivity contribution in [3.05, 3.63) is 76.8 Å². The number of carbonyl (C=O) groups is 1. The van der Waals surface area contributed by atoms with E-state index in [0.29, 0.717) is 32.9 Å². The zero-order valence-corrected chi connectivity index (χ0v) is 17.0. The predicted octanol–water partition coefficient (Wildman–Crippen LogP) is 5.66. The number of fused-ring (bicyclic) bond motifs is 1. The van der Waals surface area contributed by atoms with Gasteiger partial charge in [-0.15, -0.1) is 0 Å². The molecule has 0 aliphatic carbocycles. The van der Waals surface area contributed by atoms with Crippen molar-refractivity contribution in [1.29, 1.82) is 0 Å². The van der Waals surface area contributed by atoms with E-state index in [9.17, 15) is 4.79 Å². The average molecular weight is 426 g/mol. The Balaban J connectivity index is 1.73. The third kappa shape index (κ3) is 3.92. The van der Waals surface area contributed by atoms with Crippen LogP contribution >= 0.6 is 23.2 Å². The first kappa shape index (κ1) is 19.3. The molecule has 1 heterocycles. The standard InChI is InChI=1S/C22H17Cl2N3O2/c1-29-20-9-5-3-7-18(20)25-21(28)13-27-19-8-4-2-6-17(19)26-22(27)15-11-10-14(23)12-16(15)24/h2-12H,13H2,1H3,(H,25,28). The summed E-state index contributed by atoms with van der Waals surface area (Å²) in [6, 6.07) is 20.1. The third-order valence-corrected chi connectivity index (χ3v) is 5.06. The van der Waals surface area contributed by atoms with E-state index in [4.69, 9.17) is 32.9 Å². The summed E-state index contributed by atoms with van der Waals surface area (Å²) in [5, 5.41) is 3.91. The van der Waals surface area contributed by atoms with E-state index in [0.717, 1.165) is 11.0 Å². The van der Waals surface area contributed by atoms with Crippen molar-refractivity contribution in [3.8, 4) is 17.1 Å². The van der Waals surface area contributed by atoms with Gasteiger partial charge in [0.15, 0.2) is 0 Å². The van der Waals surface area contributed by atoms with Crippen LogP contribution in [0.25, 0.3) is 22.4 Å². The second-order valence-electron chi connectivity index (χ2n) is 6.38. The highest BCUT2D eigenvalue weighted by molar-refractivity contribution is 6.36. The highest BCUT2D eigenvalue weighted by Crippen LogP contribution is 2.32. The zero-order valence-electron chi connectivity index (χ0n) is 15.5. The van der Waals surface area contributed by atoms with Gasteiger partial charge in [-0.1, -0.05) is 47.5 Å². The number of rotatable bonds is 5. The number of methoxy groups -OCH3 is 1. The molecule has 5 nitrogen and oxygen atoms in total. The molecule has 0 fully saturated rings. The smallest absolute Gasteiger partial charge is 0.244 e. The Labute approximate surface area is 177 Å². The van der Waals surface area contributed by atoms with E-state index in [1.165, 1.54) is 0 Å². The first-order chi connectivity index (χ1) is 14.1. The molecular formula is C22H17Cl2N3O2. The van der Waals surface area contributed by atoms with Crippen molar-refractivity contribution >= 4 is 45.8 Å². The van der Waals surface area contributed by atoms with Gasteiger partial charge in [-0.25, -0.2) is 4.98 Å². The summed E-state index contributed by atoms with van der Waals surface area (Å²) < 4.78 is 7.15. The molecular weight excluding hydrogens is 409 g/mol. The lowest BCUT2D eigenvalue weighted by molar-refractivity contribution is -0.116. The van der Waals surface area contributed by atoms with E-state index in [-0.39, 0.29) is 12.5 Å². The summed E-state index contributed by atoms with van der Waals surface area (Å²) in [6.07, 6.45) is 0. The Bertz CT molecular complexity index is 1200. The number of para-hydroxylation sites is 4. The van der Waals surface area contributed by atoms with Crippen LogP contribution in [0, 0.1) is 0 Å². The number of imidazole rings is 1. The van der Waals surface area contributed by atoms with Crippen LogP contribution in [-0.2, 0) is 11.3 Å². The van der Waals surface area contributed by atoms with Crippen LogP contribution in [0.3, 0.4) is 0 Å². The van der Waals surface area contributed by atoms with Gasteiger partial charge in [-0.2, -0.15) is 0 Å². The van der Waals surface area contributed by atoms with Gasteiger partial charge in [0.05, 0.1) is 28.9 Å². The molecule has 3 aromatic carbocycles. The van der Waals surface area contributed by atoms with E-state index in [1.807, 2.05) is 41.0 Å². The fraction of sp³-hybridized carbons (Fsp3) is 0.0909. The molecule has 0 saturated heterocycles. The first-order valence-electron chi connectivity index (χ1n) is 8.90. The van der Waals surface area contributed by atoms with Crippen LogP contribution in [0.4, 0.5) is 5.69 Å². The number of carbonyl (C=O) groups excluding carboxylic acids is 1. The molecule has 1 N–H and O–H groups in total. The molecule has 0 spiro atoms. The zero-order chi connectivity index (χ0) is 20.4. The topological polar surface area (TPSA) is 56.1 Å². The number of benzene rings is 3. The molecule has 1 aromatic heterocycles. The number of hydrogen-bond acceptors (Lipinski definition) is 3. The maximum absolute atomic E-state index is 12.8. The molecule has 0 aliphatic rings. The average Bonchev–Trinajstić information content (AvgIpc) is 3.06. The van der Waals surface area contributed by atoms with Gasteiger partial charge in [0.2, 0.25) is 5.91 Å². The summed E-state index contributed by atoms with van der Waals surface area (Å²) in [7, 11) is 1.56. The molecule has 7 heteroatoms. The van der Waals surface area contributed by atoms with Crippen molar-refractivity contribution in [1.82, 2.24) is 9.55 Å². The number of hydrogen-bond donors (Lipinski definition) is 1. The lowest BCUT2D eigenvalue weighted by Gasteiger charge is -2.13. The fourth-order valence-corrected chi connectivity index (χ4v) is 3.69. The molecule has 0 aliphatic heterocycles. The van der Waals surface area contributed by atoms with Gasteiger partial charge in [-0.05, 0) is 42.5 Å². The van der Waals surface area contributed by atoms with Crippen LogP contribution in [0.15, 0.2) is 66.7 Å². The lowest BCUT2D eigenvalue weighted by atomic mass is 10.2. The maximum Gasteiger partial charge on any atom is 0.244 e. The van der Waals surface area contributed by atoms with Crippen LogP contribution < -0.4 is 10.1 Å². The second-order valence-corrected chi connectivity index (χ2v) is 7.23. The monoisotopic (exact) mass is 425 g/mol. The molecule has 1 amide bonds. The molecule has 4 rings (SSSR count). The molecule has 0 unspecified atom stereocenters. The van der Waals surface area contributed by atoms with Crippen LogP contribution in [-0.4, -0.2) is 22.6 Å². The number of ether oxygens (including phenoxy) is 1. The summed E-state index contributed by atoms with van der Waals surface area (Å²) in [6.45, 7) is 0.0624. The Morgan fingerprint density at radius 3 is 2.62 bits per heavy atom. The fourth-order valence-electron chi connectivity index (χ4n) is 3.19. The molecule has 4 aromatic rings. The van der Waals surface area contributed by atoms with Crippen molar-refractivity contribution in [2.75, 3.05) is 12.4 Å². The number of amides is 1. The molecule has 0 bridgehead atoms. The maximum atomic E-state index is 12.8. The third-order valence-electron chi connectivity index (χ3n) is 4.51. The van der Waals surface area contributed by atoms with E-state index in [2.05, 4.69) is 5.32 Å². The SMILES string of the molecule is COc1ccccc1NC(=O)Cn1c(-c2ccc(Cl)cc2Cl)nc2ccccc21. The van der Waals surface area contributed by atoms with E-state index in [1.54, 1.807) is 37.4 Å². The minimum absolute atomic E-state index is 0.0624. The minimum atomic E-state index is -0.205. The van der Waals surface area contributed by atoms with Gasteiger partial charge in [0, 0.05) is 10.6 Å². The van der Waals surface area contributed by atoms with Crippen LogP contribution in [0.1, 0.15) is 0 Å². The van der Waals surface area contributed by atoms with Crippen molar-refractivity contribution in [2.24, 2.45) is 0 Å². The molecule has 0 saturated carbocycles. The summed E-state index contributed by atoms with van der Waals surface area (Å²) in [4.78, 5) is 17.5. The van der Waals surface area contributed by atoms with E-state index >= 15 is 0 Å². The molecule has 0 radical (unpaired) electrons. The number of nitrogens with zero attached hydrogens (tertiary/aromatic N) is 2. The summed E-state index contributed by atoms with van der Waals surface area (Å²) >= 11 is 12.5. The summed E-state index contributed by atoms with van der Waals surface area (Å²) in [5.74, 6) is 0.990. The highest BCUT2D eigenvalue weighted by atomic mass is 35.5. The molecule has 146 valence electrons. The Morgan fingerprint density at radius 2 is 1.83 bits per heavy atom. The first-order valence-corrected chi connectivity index (χ1v) is 9.66. The summed E-state index contributed by atoms with van der Waals surface area (Å²) in [5.41, 5.74) is 2.93. The van der Waals surface area contributed by atoms with Crippen LogP contribution in [0.2, 0.25) is 10.0 Å². The Morgan fingerprint density at radius 1 is 1.07 bits per heavy atom. The lowest BCUT2D eigenvalue weighted by Crippen LogP contribution is -2.19. The number of nitrogens with one attached hydrogen (secondary N) is 1. The van der Waals surface area contributed by atoms with Crippen molar-refractivity contribution < 1.29 is 9.53 Å². The number of aromatic nitrogens is 2. The van der Waals surface area contributed by atoms with Gasteiger partial charge in [-0.3, -0.25) is 4.79 Å². The van der Waals surface area contributed by atoms with Gasteiger partial charge >= 0.3 is 0 Å². The van der Waals surface area contributed by atoms with Crippen molar-refractivity contribution in [3.63, 3.8) is 0 Å². The molecule has 0 atom stereocenters. The van der Waals surface area contributed by atoms with Crippen molar-refractivity contribution in [2.45, 2.75) is 6.54 Å². The predicted molar refractivity (Wildman–Crippen MR) is 117 cm³/mol. The Hall–Kier alpha value is -3.02. The quantitative estimate of drug-likeness (QED) is 0.448. The van der Waals surface area contributed by atoms with Gasteiger partial charge in [0.1, 0.15) is 18.1 Å². The normalized spacial score (nSPS) is 10.9.